The highest BCUT2D eigenvalue weighted by Gasteiger charge is 2.11. The zero-order valence-corrected chi connectivity index (χ0v) is 14.6. The van der Waals surface area contributed by atoms with E-state index in [1.807, 2.05) is 24.3 Å². The molecule has 0 bridgehead atoms. The Hall–Kier alpha value is -1.59. The Labute approximate surface area is 151 Å². The molecule has 1 aliphatic heterocycles. The number of nitrogens with zero attached hydrogens (tertiary/aromatic N) is 1. The van der Waals surface area contributed by atoms with Crippen molar-refractivity contribution in [2.24, 2.45) is 0 Å². The van der Waals surface area contributed by atoms with E-state index >= 15 is 0 Å². The van der Waals surface area contributed by atoms with E-state index in [4.69, 9.17) is 27.9 Å². The van der Waals surface area contributed by atoms with Crippen LogP contribution >= 0.6 is 23.2 Å². The summed E-state index contributed by atoms with van der Waals surface area (Å²) in [6.07, 6.45) is 0. The number of benzene rings is 2. The minimum absolute atomic E-state index is 0.213. The van der Waals surface area contributed by atoms with Gasteiger partial charge in [-0.2, -0.15) is 0 Å². The molecule has 4 nitrogen and oxygen atoms in total. The molecule has 126 valence electrons. The summed E-state index contributed by atoms with van der Waals surface area (Å²) in [4.78, 5) is 14.6. The predicted octanol–water partition coefficient (Wildman–Crippen LogP) is 4.08. The first-order valence-corrected chi connectivity index (χ1v) is 8.53. The molecular weight excluding hydrogens is 347 g/mol. The molecule has 0 atom stereocenters. The summed E-state index contributed by atoms with van der Waals surface area (Å²) in [6, 6.07) is 12.7. The smallest absolute Gasteiger partial charge is 0.255 e. The van der Waals surface area contributed by atoms with E-state index in [1.54, 1.807) is 18.2 Å². The quantitative estimate of drug-likeness (QED) is 0.888. The van der Waals surface area contributed by atoms with Crippen LogP contribution in [0.3, 0.4) is 0 Å². The number of ether oxygens (including phenoxy) is 1. The third kappa shape index (κ3) is 4.48. The predicted molar refractivity (Wildman–Crippen MR) is 97.0 cm³/mol. The van der Waals surface area contributed by atoms with E-state index in [0.29, 0.717) is 15.6 Å². The van der Waals surface area contributed by atoms with E-state index in [-0.39, 0.29) is 5.91 Å². The zero-order chi connectivity index (χ0) is 16.9. The Balaban J connectivity index is 1.60. The van der Waals surface area contributed by atoms with Crippen molar-refractivity contribution >= 4 is 34.8 Å². The van der Waals surface area contributed by atoms with Crippen molar-refractivity contribution in [2.75, 3.05) is 31.6 Å². The van der Waals surface area contributed by atoms with Crippen LogP contribution in [-0.2, 0) is 11.3 Å². The van der Waals surface area contributed by atoms with Gasteiger partial charge in [0.1, 0.15) is 0 Å². The molecule has 0 spiro atoms. The summed E-state index contributed by atoms with van der Waals surface area (Å²) in [5.74, 6) is -0.213. The average molecular weight is 365 g/mol. The van der Waals surface area contributed by atoms with Gasteiger partial charge in [-0.1, -0.05) is 35.3 Å². The molecule has 0 saturated carbocycles. The van der Waals surface area contributed by atoms with Gasteiger partial charge >= 0.3 is 0 Å². The zero-order valence-electron chi connectivity index (χ0n) is 13.1. The second-order valence-corrected chi connectivity index (χ2v) is 6.48. The SMILES string of the molecule is O=C(Nc1ccc(CN2CCOCC2)cc1)c1ccc(Cl)c(Cl)c1. The monoisotopic (exact) mass is 364 g/mol. The maximum Gasteiger partial charge on any atom is 0.255 e. The van der Waals surface area contributed by atoms with Crippen molar-refractivity contribution in [1.29, 1.82) is 0 Å². The fourth-order valence-corrected chi connectivity index (χ4v) is 2.85. The molecule has 1 N–H and O–H groups in total. The molecule has 1 saturated heterocycles. The number of hydrogen-bond acceptors (Lipinski definition) is 3. The second kappa shape index (κ2) is 7.99. The Morgan fingerprint density at radius 2 is 1.75 bits per heavy atom. The summed E-state index contributed by atoms with van der Waals surface area (Å²) in [5, 5.41) is 3.66. The fourth-order valence-electron chi connectivity index (χ4n) is 2.55. The molecule has 0 aliphatic carbocycles. The van der Waals surface area contributed by atoms with Crippen LogP contribution in [0.1, 0.15) is 15.9 Å². The van der Waals surface area contributed by atoms with Gasteiger partial charge in [-0.3, -0.25) is 9.69 Å². The van der Waals surface area contributed by atoms with E-state index in [1.165, 1.54) is 5.56 Å². The number of carbonyl (C=O) groups excluding carboxylic acids is 1. The van der Waals surface area contributed by atoms with Crippen molar-refractivity contribution < 1.29 is 9.53 Å². The van der Waals surface area contributed by atoms with Crippen molar-refractivity contribution in [1.82, 2.24) is 4.90 Å². The number of nitrogens with one attached hydrogen (secondary N) is 1. The first-order valence-electron chi connectivity index (χ1n) is 7.77. The molecule has 0 aromatic heterocycles. The Kier molecular flexibility index (Phi) is 5.74. The van der Waals surface area contributed by atoms with Gasteiger partial charge in [0.15, 0.2) is 0 Å². The molecule has 3 rings (SSSR count). The van der Waals surface area contributed by atoms with Crippen molar-refractivity contribution in [3.8, 4) is 0 Å². The third-order valence-electron chi connectivity index (χ3n) is 3.90. The molecule has 1 amide bonds. The molecule has 0 unspecified atom stereocenters. The second-order valence-electron chi connectivity index (χ2n) is 5.67. The van der Waals surface area contributed by atoms with Gasteiger partial charge in [-0.25, -0.2) is 0 Å². The Morgan fingerprint density at radius 3 is 2.42 bits per heavy atom. The van der Waals surface area contributed by atoms with Gasteiger partial charge in [-0.15, -0.1) is 0 Å². The van der Waals surface area contributed by atoms with E-state index in [0.717, 1.165) is 38.5 Å². The molecular formula is C18H18Cl2N2O2. The maximum atomic E-state index is 12.2. The van der Waals surface area contributed by atoms with Gasteiger partial charge in [0, 0.05) is 30.9 Å². The van der Waals surface area contributed by atoms with Gasteiger partial charge in [0.2, 0.25) is 0 Å². The lowest BCUT2D eigenvalue weighted by atomic mass is 10.1. The number of carbonyl (C=O) groups is 1. The average Bonchev–Trinajstić information content (AvgIpc) is 2.60. The van der Waals surface area contributed by atoms with E-state index < -0.39 is 0 Å². The first-order chi connectivity index (χ1) is 11.6. The van der Waals surface area contributed by atoms with Gasteiger partial charge in [-0.05, 0) is 35.9 Å². The van der Waals surface area contributed by atoms with Crippen LogP contribution in [-0.4, -0.2) is 37.1 Å². The number of halogens is 2. The van der Waals surface area contributed by atoms with Gasteiger partial charge in [0.05, 0.1) is 23.3 Å². The standard InChI is InChI=1S/C18H18Cl2N2O2/c19-16-6-3-14(11-17(16)20)18(23)21-15-4-1-13(2-5-15)12-22-7-9-24-10-8-22/h1-6,11H,7-10,12H2,(H,21,23). The van der Waals surface area contributed by atoms with Gasteiger partial charge in [0.25, 0.3) is 5.91 Å². The maximum absolute atomic E-state index is 12.2. The minimum atomic E-state index is -0.213. The molecule has 0 radical (unpaired) electrons. The number of hydrogen-bond donors (Lipinski definition) is 1. The Bertz CT molecular complexity index is 713. The van der Waals surface area contributed by atoms with Crippen LogP contribution in [0, 0.1) is 0 Å². The van der Waals surface area contributed by atoms with Crippen LogP contribution in [0.25, 0.3) is 0 Å². The number of rotatable bonds is 4. The van der Waals surface area contributed by atoms with E-state index in [2.05, 4.69) is 10.2 Å². The third-order valence-corrected chi connectivity index (χ3v) is 4.64. The summed E-state index contributed by atoms with van der Waals surface area (Å²) in [7, 11) is 0. The van der Waals surface area contributed by atoms with Crippen LogP contribution in [0.15, 0.2) is 42.5 Å². The highest BCUT2D eigenvalue weighted by Crippen LogP contribution is 2.23. The molecule has 1 fully saturated rings. The summed E-state index contributed by atoms with van der Waals surface area (Å²) >= 11 is 11.8. The molecule has 2 aromatic rings. The molecule has 6 heteroatoms. The summed E-state index contributed by atoms with van der Waals surface area (Å²) in [6.45, 7) is 4.38. The van der Waals surface area contributed by atoms with Crippen LogP contribution in [0.5, 0.6) is 0 Å². The largest absolute Gasteiger partial charge is 0.379 e. The number of morpholine rings is 1. The van der Waals surface area contributed by atoms with Crippen molar-refractivity contribution in [2.45, 2.75) is 6.54 Å². The first kappa shape index (κ1) is 17.2. The fraction of sp³-hybridized carbons (Fsp3) is 0.278. The normalized spacial score (nSPS) is 15.2. The Morgan fingerprint density at radius 1 is 1.04 bits per heavy atom. The van der Waals surface area contributed by atoms with Crippen LogP contribution in [0.2, 0.25) is 10.0 Å². The van der Waals surface area contributed by atoms with E-state index in [9.17, 15) is 4.79 Å². The minimum Gasteiger partial charge on any atom is -0.379 e. The highest BCUT2D eigenvalue weighted by atomic mass is 35.5. The van der Waals surface area contributed by atoms with Crippen molar-refractivity contribution in [3.63, 3.8) is 0 Å². The molecule has 24 heavy (non-hydrogen) atoms. The number of anilines is 1. The van der Waals surface area contributed by atoms with Crippen molar-refractivity contribution in [3.05, 3.63) is 63.6 Å². The summed E-state index contributed by atoms with van der Waals surface area (Å²) < 4.78 is 5.35. The number of amides is 1. The lowest BCUT2D eigenvalue weighted by molar-refractivity contribution is 0.0342. The lowest BCUT2D eigenvalue weighted by Gasteiger charge is -2.26. The van der Waals surface area contributed by atoms with Crippen LogP contribution < -0.4 is 5.32 Å². The lowest BCUT2D eigenvalue weighted by Crippen LogP contribution is -2.35. The molecule has 1 heterocycles. The van der Waals surface area contributed by atoms with Crippen LogP contribution in [0.4, 0.5) is 5.69 Å². The molecule has 2 aromatic carbocycles. The topological polar surface area (TPSA) is 41.6 Å². The molecule has 1 aliphatic rings. The summed E-state index contributed by atoms with van der Waals surface area (Å²) in [5.41, 5.74) is 2.43. The highest BCUT2D eigenvalue weighted by molar-refractivity contribution is 6.42. The van der Waals surface area contributed by atoms with Gasteiger partial charge < -0.3 is 10.1 Å².